The van der Waals surface area contributed by atoms with Crippen molar-refractivity contribution in [1.29, 1.82) is 5.26 Å². The molecule has 93 heavy (non-hydrogen) atoms. The molecule has 510 valence electrons. The lowest BCUT2D eigenvalue weighted by molar-refractivity contribution is -0.147. The van der Waals surface area contributed by atoms with Crippen molar-refractivity contribution in [2.45, 2.75) is 82.1 Å². The average molecular weight is 1310 g/mol. The van der Waals surface area contributed by atoms with Gasteiger partial charge in [0.1, 0.15) is 30.1 Å². The number of aliphatic hydroxyl groups excluding tert-OH is 1. The van der Waals surface area contributed by atoms with Gasteiger partial charge in [0.15, 0.2) is 0 Å². The number of methoxy groups -OCH3 is 1. The second-order valence-corrected chi connectivity index (χ2v) is 23.3. The molecule has 0 saturated carbocycles. The molecule has 3 aromatic rings. The second-order valence-electron chi connectivity index (χ2n) is 23.3. The first-order valence-electron chi connectivity index (χ1n) is 31.1. The Morgan fingerprint density at radius 2 is 1.33 bits per heavy atom. The zero-order valence-electron chi connectivity index (χ0n) is 52.7. The summed E-state index contributed by atoms with van der Waals surface area (Å²) in [6, 6.07) is 12.2. The van der Waals surface area contributed by atoms with Gasteiger partial charge in [0.2, 0.25) is 23.6 Å². The molecule has 4 atom stereocenters. The van der Waals surface area contributed by atoms with E-state index < -0.39 is 110 Å². The number of aryl methyl sites for hydroxylation is 2. The molecule has 8 N–H and O–H groups in total. The summed E-state index contributed by atoms with van der Waals surface area (Å²) in [7, 11) is 1.14. The maximum Gasteiger partial charge on any atom is 0.317 e. The number of benzene rings is 2. The predicted octanol–water partition coefficient (Wildman–Crippen LogP) is -0.708. The van der Waals surface area contributed by atoms with E-state index in [9.17, 15) is 77.6 Å². The van der Waals surface area contributed by atoms with Crippen LogP contribution in [0.2, 0.25) is 0 Å². The zero-order chi connectivity index (χ0) is 67.5. The van der Waals surface area contributed by atoms with Crippen molar-refractivity contribution in [3.63, 3.8) is 0 Å². The van der Waals surface area contributed by atoms with Gasteiger partial charge < -0.3 is 60.4 Å². The third-order valence-electron chi connectivity index (χ3n) is 16.1. The second kappa shape index (κ2) is 37.6. The van der Waals surface area contributed by atoms with E-state index >= 15 is 0 Å². The number of halogens is 2. The number of carbonyl (C=O) groups excluding carboxylic acids is 6. The standard InChI is InChI=1S/C62H87F2N13O16/c1-43-7-9-44(10-8-43)5-3-6-52(78)67-16-32-92-31-14-50(69-53(79)38-72-18-20-73(39-55(81)82)22-24-75(41-57(85)86)25-23-74(21-19-72)40-56(83)84)60(89)70-51(34-58(87)91-2)61(90)76-28-26-71(27-29-76)17-4-30-93-46-11-12-49-48(33-46)47(13-15-66-49)59(88)68-37-54(80)77-42-62(63,64)35-45(77)36-65/h7-13,15,33,45,50-52,67,78H,3-6,14,16-32,34-35,37-42H2,1-2H3,(H,68,88)(H,69,79)(H,70,89)(H,81,82)(H,83,84)(H,85,86)/t45-,50+,51+,52?/m1/s1. The highest BCUT2D eigenvalue weighted by Gasteiger charge is 2.47. The first-order valence-corrected chi connectivity index (χ1v) is 31.1. The van der Waals surface area contributed by atoms with Crippen LogP contribution in [0, 0.1) is 18.3 Å². The molecule has 3 aliphatic rings. The Morgan fingerprint density at radius 1 is 0.731 bits per heavy atom. The summed E-state index contributed by atoms with van der Waals surface area (Å²) in [5.41, 5.74) is 2.92. The molecule has 3 saturated heterocycles. The molecule has 5 amide bonds. The van der Waals surface area contributed by atoms with Gasteiger partial charge in [0, 0.05) is 116 Å². The van der Waals surface area contributed by atoms with Crippen LogP contribution in [-0.4, -0.2) is 301 Å². The first kappa shape index (κ1) is 74.0. The SMILES string of the molecule is COC(=O)C[C@H](NC(=O)[C@H](CCOCCNC(O)CCCc1ccc(C)cc1)NC(=O)CN1CCN(CC(=O)O)CCN(CC(=O)O)CCN(CC(=O)O)CC1)C(=O)N1CCN(CCCOc2ccc3nccc(C(=O)NCC(=O)N4CC(F)(F)C[C@@H]4C#N)c3c2)CC1. The molecule has 0 bridgehead atoms. The lowest BCUT2D eigenvalue weighted by atomic mass is 10.1. The molecule has 31 heteroatoms. The Morgan fingerprint density at radius 3 is 1.92 bits per heavy atom. The summed E-state index contributed by atoms with van der Waals surface area (Å²) < 4.78 is 44.8. The van der Waals surface area contributed by atoms with Crippen LogP contribution in [0.5, 0.6) is 5.75 Å². The van der Waals surface area contributed by atoms with Crippen LogP contribution < -0.4 is 26.0 Å². The number of likely N-dealkylation sites (tertiary alicyclic amines) is 1. The summed E-state index contributed by atoms with van der Waals surface area (Å²) in [4.78, 5) is 132. The van der Waals surface area contributed by atoms with Crippen molar-refractivity contribution in [1.82, 2.24) is 60.6 Å². The van der Waals surface area contributed by atoms with Crippen molar-refractivity contribution < 1.29 is 86.6 Å². The van der Waals surface area contributed by atoms with Crippen LogP contribution in [0.4, 0.5) is 8.78 Å². The Labute approximate surface area is 538 Å². The minimum atomic E-state index is -3.21. The highest BCUT2D eigenvalue weighted by molar-refractivity contribution is 6.07. The first-order chi connectivity index (χ1) is 44.5. The number of aromatic nitrogens is 1. The Bertz CT molecular complexity index is 3010. The lowest BCUT2D eigenvalue weighted by Gasteiger charge is -2.36. The zero-order valence-corrected chi connectivity index (χ0v) is 52.7. The summed E-state index contributed by atoms with van der Waals surface area (Å²) in [5.74, 6) is -10.4. The number of hydrogen-bond acceptors (Lipinski definition) is 21. The fourth-order valence-corrected chi connectivity index (χ4v) is 11.0. The molecule has 0 spiro atoms. The topological polar surface area (TPSA) is 370 Å². The van der Waals surface area contributed by atoms with Gasteiger partial charge in [-0.15, -0.1) is 0 Å². The third kappa shape index (κ3) is 25.7. The van der Waals surface area contributed by atoms with Crippen LogP contribution in [0.25, 0.3) is 10.9 Å². The number of piperazine rings is 1. The number of alkyl halides is 2. The Kier molecular flexibility index (Phi) is 29.9. The van der Waals surface area contributed by atoms with E-state index in [4.69, 9.17) is 14.2 Å². The van der Waals surface area contributed by atoms with Crippen molar-refractivity contribution in [3.8, 4) is 11.8 Å². The van der Waals surface area contributed by atoms with Gasteiger partial charge in [0.05, 0.1) is 83.2 Å². The van der Waals surface area contributed by atoms with Crippen LogP contribution in [0.3, 0.4) is 0 Å². The number of pyridine rings is 1. The van der Waals surface area contributed by atoms with Crippen molar-refractivity contribution in [2.24, 2.45) is 0 Å². The number of esters is 1. The number of nitrogens with one attached hydrogen (secondary N) is 4. The van der Waals surface area contributed by atoms with Crippen molar-refractivity contribution in [3.05, 3.63) is 71.4 Å². The summed E-state index contributed by atoms with van der Waals surface area (Å²) in [6.45, 7) is 2.56. The number of ether oxygens (including phenoxy) is 3. The third-order valence-corrected chi connectivity index (χ3v) is 16.1. The number of carbonyl (C=O) groups is 9. The normalized spacial score (nSPS) is 18.2. The van der Waals surface area contributed by atoms with Gasteiger partial charge in [-0.25, -0.2) is 8.78 Å². The minimum absolute atomic E-state index is 0.0748. The van der Waals surface area contributed by atoms with Gasteiger partial charge in [-0.1, -0.05) is 29.8 Å². The van der Waals surface area contributed by atoms with E-state index in [0.29, 0.717) is 49.1 Å². The lowest BCUT2D eigenvalue weighted by Crippen LogP contribution is -2.58. The van der Waals surface area contributed by atoms with Crippen LogP contribution in [-0.2, 0) is 54.3 Å². The highest BCUT2D eigenvalue weighted by Crippen LogP contribution is 2.32. The van der Waals surface area contributed by atoms with Crippen LogP contribution in [0.15, 0.2) is 54.7 Å². The maximum absolute atomic E-state index is 14.4. The monoisotopic (exact) mass is 1310 g/mol. The smallest absolute Gasteiger partial charge is 0.317 e. The number of rotatable bonds is 33. The van der Waals surface area contributed by atoms with Crippen molar-refractivity contribution in [2.75, 3.05) is 158 Å². The summed E-state index contributed by atoms with van der Waals surface area (Å²) in [6.07, 6.45) is 1.72. The number of aliphatic hydroxyl groups is 1. The van der Waals surface area contributed by atoms with Crippen molar-refractivity contribution >= 4 is 64.3 Å². The Balaban J connectivity index is 1.05. The largest absolute Gasteiger partial charge is 0.494 e. The van der Waals surface area contributed by atoms with E-state index in [1.165, 1.54) is 17.2 Å². The molecule has 0 aliphatic carbocycles. The number of fused-ring (bicyclic) bond motifs is 1. The highest BCUT2D eigenvalue weighted by atomic mass is 19.3. The Hall–Kier alpha value is -8.09. The van der Waals surface area contributed by atoms with Crippen LogP contribution >= 0.6 is 0 Å². The molecule has 3 fully saturated rings. The number of hydrogen-bond donors (Lipinski definition) is 8. The van der Waals surface area contributed by atoms with Gasteiger partial charge in [-0.05, 0) is 68.9 Å². The van der Waals surface area contributed by atoms with Gasteiger partial charge in [-0.2, -0.15) is 5.26 Å². The summed E-state index contributed by atoms with van der Waals surface area (Å²) in [5, 5.41) is 60.2. The average Bonchev–Trinajstić information content (AvgIpc) is 1.91. The van der Waals surface area contributed by atoms with E-state index in [1.807, 2.05) is 19.1 Å². The van der Waals surface area contributed by atoms with E-state index in [1.54, 1.807) is 43.9 Å². The molecular weight excluding hydrogens is 1220 g/mol. The van der Waals surface area contributed by atoms with E-state index in [-0.39, 0.29) is 130 Å². The minimum Gasteiger partial charge on any atom is -0.494 e. The van der Waals surface area contributed by atoms with E-state index in [0.717, 1.165) is 36.0 Å². The van der Waals surface area contributed by atoms with Gasteiger partial charge >= 0.3 is 23.9 Å². The van der Waals surface area contributed by atoms with Gasteiger partial charge in [0.25, 0.3) is 11.8 Å². The number of carboxylic acid groups (broad SMARTS) is 3. The molecule has 1 unspecified atom stereocenters. The molecule has 2 aromatic carbocycles. The molecule has 4 heterocycles. The molecule has 3 aliphatic heterocycles. The maximum atomic E-state index is 14.4. The number of nitriles is 1. The summed E-state index contributed by atoms with van der Waals surface area (Å²) >= 11 is 0. The van der Waals surface area contributed by atoms with E-state index in [2.05, 4.69) is 43.3 Å². The number of amides is 5. The molecule has 29 nitrogen and oxygen atoms in total. The number of nitrogens with zero attached hydrogens (tertiary/aromatic N) is 9. The number of carboxylic acids is 3. The number of aliphatic carboxylic acids is 3. The van der Waals surface area contributed by atoms with Gasteiger partial charge in [-0.3, -0.25) is 78.0 Å². The fourth-order valence-electron chi connectivity index (χ4n) is 11.0. The molecule has 0 radical (unpaired) electrons. The predicted molar refractivity (Wildman–Crippen MR) is 331 cm³/mol. The quantitative estimate of drug-likeness (QED) is 0.0212. The molecule has 1 aromatic heterocycles. The fraction of sp³-hybridized carbons (Fsp3) is 0.597. The van der Waals surface area contributed by atoms with Crippen LogP contribution in [0.1, 0.15) is 60.0 Å². The molecule has 6 rings (SSSR count). The molecular formula is C62H87F2N13O16.